The summed E-state index contributed by atoms with van der Waals surface area (Å²) in [6.45, 7) is 2.17. The summed E-state index contributed by atoms with van der Waals surface area (Å²) in [6.07, 6.45) is 6.78. The summed E-state index contributed by atoms with van der Waals surface area (Å²) in [5.41, 5.74) is 7.85. The molecule has 1 aromatic rings. The summed E-state index contributed by atoms with van der Waals surface area (Å²) in [6, 6.07) is 0. The molecule has 0 saturated carbocycles. The van der Waals surface area contributed by atoms with E-state index in [9.17, 15) is 0 Å². The monoisotopic (exact) mass is 277 g/mol. The maximum absolute atomic E-state index is 5.78. The predicted octanol–water partition coefficient (Wildman–Crippen LogP) is 1.19. The summed E-state index contributed by atoms with van der Waals surface area (Å²) < 4.78 is 11.2. The van der Waals surface area contributed by atoms with Crippen molar-refractivity contribution >= 4 is 0 Å². The van der Waals surface area contributed by atoms with Crippen LogP contribution in [0.1, 0.15) is 36.3 Å². The van der Waals surface area contributed by atoms with Crippen LogP contribution in [0.25, 0.3) is 0 Å². The quantitative estimate of drug-likeness (QED) is 0.898. The van der Waals surface area contributed by atoms with E-state index < -0.39 is 0 Å². The summed E-state index contributed by atoms with van der Waals surface area (Å²) >= 11 is 0. The number of aryl methyl sites for hydroxylation is 1. The van der Waals surface area contributed by atoms with Crippen molar-refractivity contribution in [3.05, 3.63) is 23.3 Å². The summed E-state index contributed by atoms with van der Waals surface area (Å²) in [5.74, 6) is 1.41. The molecule has 0 aromatic carbocycles. The number of hydrogen-bond donors (Lipinski definition) is 1. The zero-order chi connectivity index (χ0) is 14.0. The van der Waals surface area contributed by atoms with Crippen molar-refractivity contribution in [1.82, 2.24) is 9.97 Å². The van der Waals surface area contributed by atoms with Gasteiger partial charge in [0, 0.05) is 45.1 Å². The first-order valence-corrected chi connectivity index (χ1v) is 7.45. The van der Waals surface area contributed by atoms with Gasteiger partial charge < -0.3 is 15.2 Å². The molecule has 2 N–H and O–H groups in total. The molecule has 0 amide bonds. The lowest BCUT2D eigenvalue weighted by atomic mass is 9.86. The average molecular weight is 277 g/mol. The Bertz CT molecular complexity index is 472. The highest BCUT2D eigenvalue weighted by Crippen LogP contribution is 2.34. The highest BCUT2D eigenvalue weighted by atomic mass is 16.5. The normalized spacial score (nSPS) is 25.2. The van der Waals surface area contributed by atoms with Crippen molar-refractivity contribution in [2.75, 3.05) is 26.9 Å². The van der Waals surface area contributed by atoms with E-state index in [-0.39, 0.29) is 5.60 Å². The predicted molar refractivity (Wildman–Crippen MR) is 75.3 cm³/mol. The van der Waals surface area contributed by atoms with Gasteiger partial charge in [-0.2, -0.15) is 0 Å². The number of hydrogen-bond acceptors (Lipinski definition) is 5. The fourth-order valence-corrected chi connectivity index (χ4v) is 3.22. The molecule has 2 aliphatic rings. The smallest absolute Gasteiger partial charge is 0.160 e. The van der Waals surface area contributed by atoms with Crippen molar-refractivity contribution in [2.45, 2.75) is 37.7 Å². The van der Waals surface area contributed by atoms with E-state index in [4.69, 9.17) is 20.2 Å². The van der Waals surface area contributed by atoms with E-state index in [2.05, 4.69) is 4.98 Å². The third kappa shape index (κ3) is 2.45. The van der Waals surface area contributed by atoms with E-state index in [0.717, 1.165) is 44.5 Å². The molecule has 1 atom stereocenters. The number of aromatic nitrogens is 2. The molecule has 0 spiro atoms. The first kappa shape index (κ1) is 13.9. The minimum atomic E-state index is -0.363. The summed E-state index contributed by atoms with van der Waals surface area (Å²) in [5, 5.41) is 0. The average Bonchev–Trinajstić information content (AvgIpc) is 2.54. The molecule has 1 aliphatic heterocycles. The van der Waals surface area contributed by atoms with Gasteiger partial charge >= 0.3 is 0 Å². The second-order valence-electron chi connectivity index (χ2n) is 5.82. The Hall–Kier alpha value is -1.04. The Kier molecular flexibility index (Phi) is 4.01. The van der Waals surface area contributed by atoms with Crippen LogP contribution < -0.4 is 5.73 Å². The van der Waals surface area contributed by atoms with E-state index in [0.29, 0.717) is 19.1 Å². The van der Waals surface area contributed by atoms with Crippen LogP contribution in [0.2, 0.25) is 0 Å². The molecule has 5 nitrogen and oxygen atoms in total. The molecule has 2 heterocycles. The van der Waals surface area contributed by atoms with E-state index in [1.165, 1.54) is 11.3 Å². The molecule has 1 saturated heterocycles. The second-order valence-corrected chi connectivity index (χ2v) is 5.82. The van der Waals surface area contributed by atoms with Gasteiger partial charge in [0.25, 0.3) is 0 Å². The Morgan fingerprint density at radius 1 is 1.45 bits per heavy atom. The van der Waals surface area contributed by atoms with Crippen LogP contribution in [0.5, 0.6) is 0 Å². The van der Waals surface area contributed by atoms with Gasteiger partial charge in [-0.25, -0.2) is 9.97 Å². The lowest BCUT2D eigenvalue weighted by Crippen LogP contribution is -2.38. The van der Waals surface area contributed by atoms with Gasteiger partial charge in [-0.15, -0.1) is 0 Å². The van der Waals surface area contributed by atoms with Gasteiger partial charge in [0.1, 0.15) is 5.60 Å². The number of rotatable bonds is 3. The SMILES string of the molecule is COC1(c2ncc3c(n2)CCC(CN)C3)CCOCC1. The van der Waals surface area contributed by atoms with E-state index in [1.54, 1.807) is 7.11 Å². The lowest BCUT2D eigenvalue weighted by Gasteiger charge is -2.35. The van der Waals surface area contributed by atoms with Crippen LogP contribution >= 0.6 is 0 Å². The van der Waals surface area contributed by atoms with E-state index >= 15 is 0 Å². The van der Waals surface area contributed by atoms with Crippen LogP contribution in [0.4, 0.5) is 0 Å². The number of ether oxygens (including phenoxy) is 2. The van der Waals surface area contributed by atoms with Crippen molar-refractivity contribution < 1.29 is 9.47 Å². The molecule has 0 bridgehead atoms. The van der Waals surface area contributed by atoms with Gasteiger partial charge in [0.05, 0.1) is 0 Å². The Morgan fingerprint density at radius 2 is 2.25 bits per heavy atom. The maximum Gasteiger partial charge on any atom is 0.160 e. The fraction of sp³-hybridized carbons (Fsp3) is 0.733. The van der Waals surface area contributed by atoms with Crippen LogP contribution in [-0.2, 0) is 27.9 Å². The van der Waals surface area contributed by atoms with Gasteiger partial charge in [0.2, 0.25) is 0 Å². The van der Waals surface area contributed by atoms with Gasteiger partial charge in [-0.05, 0) is 37.3 Å². The minimum absolute atomic E-state index is 0.363. The first-order valence-electron chi connectivity index (χ1n) is 7.45. The van der Waals surface area contributed by atoms with Crippen LogP contribution in [-0.4, -0.2) is 36.8 Å². The Balaban J connectivity index is 1.88. The van der Waals surface area contributed by atoms with Crippen LogP contribution in [0.15, 0.2) is 6.20 Å². The van der Waals surface area contributed by atoms with Crippen molar-refractivity contribution in [3.8, 4) is 0 Å². The van der Waals surface area contributed by atoms with Crippen molar-refractivity contribution in [3.63, 3.8) is 0 Å². The third-order valence-corrected chi connectivity index (χ3v) is 4.68. The molecule has 110 valence electrons. The van der Waals surface area contributed by atoms with Gasteiger partial charge in [-0.3, -0.25) is 0 Å². The highest BCUT2D eigenvalue weighted by Gasteiger charge is 2.38. The molecule has 1 fully saturated rings. The number of nitrogens with zero attached hydrogens (tertiary/aromatic N) is 2. The van der Waals surface area contributed by atoms with Gasteiger partial charge in [-0.1, -0.05) is 0 Å². The fourth-order valence-electron chi connectivity index (χ4n) is 3.22. The topological polar surface area (TPSA) is 70.3 Å². The zero-order valence-electron chi connectivity index (χ0n) is 12.1. The molecule has 1 aliphatic carbocycles. The standard InChI is InChI=1S/C15H23N3O2/c1-19-15(4-6-20-7-5-15)14-17-10-12-8-11(9-16)2-3-13(12)18-14/h10-11H,2-9,16H2,1H3. The number of methoxy groups -OCH3 is 1. The lowest BCUT2D eigenvalue weighted by molar-refractivity contribution is -0.100. The largest absolute Gasteiger partial charge is 0.381 e. The molecular weight excluding hydrogens is 254 g/mol. The van der Waals surface area contributed by atoms with Crippen molar-refractivity contribution in [1.29, 1.82) is 0 Å². The Labute approximate surface area is 119 Å². The molecule has 20 heavy (non-hydrogen) atoms. The summed E-state index contributed by atoms with van der Waals surface area (Å²) in [7, 11) is 1.75. The van der Waals surface area contributed by atoms with Crippen LogP contribution in [0.3, 0.4) is 0 Å². The Morgan fingerprint density at radius 3 is 2.95 bits per heavy atom. The van der Waals surface area contributed by atoms with E-state index in [1.807, 2.05) is 6.20 Å². The first-order chi connectivity index (χ1) is 9.77. The number of fused-ring (bicyclic) bond motifs is 1. The molecule has 0 radical (unpaired) electrons. The molecule has 5 heteroatoms. The minimum Gasteiger partial charge on any atom is -0.381 e. The molecular formula is C15H23N3O2. The highest BCUT2D eigenvalue weighted by molar-refractivity contribution is 5.23. The molecule has 3 rings (SSSR count). The second kappa shape index (κ2) is 5.76. The number of nitrogens with two attached hydrogens (primary N) is 1. The summed E-state index contributed by atoms with van der Waals surface area (Å²) in [4.78, 5) is 9.41. The third-order valence-electron chi connectivity index (χ3n) is 4.68. The maximum atomic E-state index is 5.78. The van der Waals surface area contributed by atoms with Crippen LogP contribution in [0, 0.1) is 5.92 Å². The molecule has 1 aromatic heterocycles. The zero-order valence-corrected chi connectivity index (χ0v) is 12.1. The van der Waals surface area contributed by atoms with Crippen molar-refractivity contribution in [2.24, 2.45) is 11.7 Å². The molecule has 1 unspecified atom stereocenters. The van der Waals surface area contributed by atoms with Gasteiger partial charge in [0.15, 0.2) is 5.82 Å².